The molecule has 0 aromatic heterocycles. The number of carbonyl (C=O) groups is 1. The molecular formula is C11H16O. The molecule has 0 saturated carbocycles. The molecule has 66 valence electrons. The zero-order chi connectivity index (χ0) is 9.56. The minimum absolute atomic E-state index is 0.0108. The van der Waals surface area contributed by atoms with E-state index in [1.807, 2.05) is 19.9 Å². The average molecular weight is 164 g/mol. The van der Waals surface area contributed by atoms with E-state index in [1.165, 1.54) is 6.08 Å². The Hall–Kier alpha value is -1.11. The van der Waals surface area contributed by atoms with E-state index in [1.54, 1.807) is 0 Å². The normalized spacial score (nSPS) is 11.0. The fourth-order valence-electron chi connectivity index (χ4n) is 0.797. The highest BCUT2D eigenvalue weighted by atomic mass is 16.1. The van der Waals surface area contributed by atoms with Crippen LogP contribution in [0.15, 0.2) is 36.5 Å². The van der Waals surface area contributed by atoms with Crippen LogP contribution in [0.25, 0.3) is 0 Å². The van der Waals surface area contributed by atoms with Crippen LogP contribution in [0.1, 0.15) is 26.7 Å². The van der Waals surface area contributed by atoms with Gasteiger partial charge in [0.2, 0.25) is 0 Å². The standard InChI is InChI=1S/C11H16O/c1-5-11(12)10(4)8-6-7-9(2)3/h5,8H,1-2,6-7H2,3-4H3/b10-8+. The van der Waals surface area contributed by atoms with Gasteiger partial charge in [-0.3, -0.25) is 4.79 Å². The lowest BCUT2D eigenvalue weighted by Crippen LogP contribution is -1.92. The smallest absolute Gasteiger partial charge is 0.180 e. The Morgan fingerprint density at radius 1 is 1.42 bits per heavy atom. The monoisotopic (exact) mass is 164 g/mol. The maximum atomic E-state index is 11.0. The van der Waals surface area contributed by atoms with E-state index < -0.39 is 0 Å². The fraction of sp³-hybridized carbons (Fsp3) is 0.364. The summed E-state index contributed by atoms with van der Waals surface area (Å²) in [6.45, 7) is 11.0. The summed E-state index contributed by atoms with van der Waals surface area (Å²) in [5, 5.41) is 0. The van der Waals surface area contributed by atoms with Crippen LogP contribution in [-0.4, -0.2) is 5.78 Å². The van der Waals surface area contributed by atoms with E-state index in [2.05, 4.69) is 13.2 Å². The van der Waals surface area contributed by atoms with E-state index in [0.29, 0.717) is 0 Å². The molecule has 0 radical (unpaired) electrons. The molecule has 0 amide bonds. The molecule has 0 aliphatic carbocycles. The summed E-state index contributed by atoms with van der Waals surface area (Å²) in [5.74, 6) is 0.0108. The molecule has 0 aliphatic rings. The molecular weight excluding hydrogens is 148 g/mol. The largest absolute Gasteiger partial charge is 0.290 e. The molecule has 0 aromatic rings. The van der Waals surface area contributed by atoms with Crippen LogP contribution in [0.3, 0.4) is 0 Å². The molecule has 0 saturated heterocycles. The molecule has 1 heteroatoms. The van der Waals surface area contributed by atoms with E-state index in [4.69, 9.17) is 0 Å². The topological polar surface area (TPSA) is 17.1 Å². The predicted octanol–water partition coefficient (Wildman–Crippen LogP) is 3.04. The Labute approximate surface area is 74.5 Å². The van der Waals surface area contributed by atoms with Gasteiger partial charge in [0, 0.05) is 0 Å². The first-order valence-corrected chi connectivity index (χ1v) is 4.06. The molecule has 1 nitrogen and oxygen atoms in total. The van der Waals surface area contributed by atoms with Crippen molar-refractivity contribution >= 4 is 5.78 Å². The van der Waals surface area contributed by atoms with Gasteiger partial charge in [0.15, 0.2) is 5.78 Å². The number of carbonyl (C=O) groups excluding carboxylic acids is 1. The number of hydrogen-bond donors (Lipinski definition) is 0. The Kier molecular flexibility index (Phi) is 5.02. The summed E-state index contributed by atoms with van der Waals surface area (Å²) in [7, 11) is 0. The third-order valence-electron chi connectivity index (χ3n) is 1.60. The van der Waals surface area contributed by atoms with Crippen molar-refractivity contribution in [3.63, 3.8) is 0 Å². The molecule has 12 heavy (non-hydrogen) atoms. The molecule has 0 bridgehead atoms. The highest BCUT2D eigenvalue weighted by Gasteiger charge is 1.96. The first-order valence-electron chi connectivity index (χ1n) is 4.06. The first-order chi connectivity index (χ1) is 5.57. The van der Waals surface area contributed by atoms with E-state index >= 15 is 0 Å². The average Bonchev–Trinajstić information content (AvgIpc) is 2.02. The van der Waals surface area contributed by atoms with E-state index in [9.17, 15) is 4.79 Å². The van der Waals surface area contributed by atoms with Crippen molar-refractivity contribution in [1.29, 1.82) is 0 Å². The zero-order valence-electron chi connectivity index (χ0n) is 7.89. The Morgan fingerprint density at radius 2 is 2.00 bits per heavy atom. The summed E-state index contributed by atoms with van der Waals surface area (Å²) in [5.41, 5.74) is 1.91. The van der Waals surface area contributed by atoms with Gasteiger partial charge in [0.25, 0.3) is 0 Å². The van der Waals surface area contributed by atoms with Gasteiger partial charge in [-0.15, -0.1) is 6.58 Å². The summed E-state index contributed by atoms with van der Waals surface area (Å²) in [6, 6.07) is 0. The number of allylic oxidation sites excluding steroid dienone is 4. The molecule has 0 N–H and O–H groups in total. The van der Waals surface area contributed by atoms with Crippen LogP contribution < -0.4 is 0 Å². The number of rotatable bonds is 5. The van der Waals surface area contributed by atoms with E-state index in [0.717, 1.165) is 24.0 Å². The Morgan fingerprint density at radius 3 is 2.42 bits per heavy atom. The second-order valence-electron chi connectivity index (χ2n) is 2.95. The second kappa shape index (κ2) is 5.53. The molecule has 0 spiro atoms. The van der Waals surface area contributed by atoms with Gasteiger partial charge in [-0.05, 0) is 38.3 Å². The van der Waals surface area contributed by atoms with E-state index in [-0.39, 0.29) is 5.78 Å². The third kappa shape index (κ3) is 4.67. The molecule has 0 atom stereocenters. The van der Waals surface area contributed by atoms with Crippen LogP contribution in [0.5, 0.6) is 0 Å². The van der Waals surface area contributed by atoms with Gasteiger partial charge in [-0.25, -0.2) is 0 Å². The van der Waals surface area contributed by atoms with Crippen LogP contribution in [0.2, 0.25) is 0 Å². The summed E-state index contributed by atoms with van der Waals surface area (Å²) in [4.78, 5) is 11.0. The molecule has 0 rings (SSSR count). The molecule has 0 aromatic carbocycles. The predicted molar refractivity (Wildman–Crippen MR) is 53.0 cm³/mol. The summed E-state index contributed by atoms with van der Waals surface area (Å²) in [6.07, 6.45) is 5.10. The van der Waals surface area contributed by atoms with Gasteiger partial charge < -0.3 is 0 Å². The van der Waals surface area contributed by atoms with Crippen molar-refractivity contribution in [2.75, 3.05) is 0 Å². The van der Waals surface area contributed by atoms with Crippen LogP contribution in [-0.2, 0) is 4.79 Å². The first kappa shape index (κ1) is 10.9. The molecule has 0 fully saturated rings. The van der Waals surface area contributed by atoms with Crippen LogP contribution in [0.4, 0.5) is 0 Å². The lowest BCUT2D eigenvalue weighted by Gasteiger charge is -1.96. The van der Waals surface area contributed by atoms with Crippen molar-refractivity contribution in [3.8, 4) is 0 Å². The molecule has 0 heterocycles. The number of hydrogen-bond acceptors (Lipinski definition) is 1. The quantitative estimate of drug-likeness (QED) is 0.451. The molecule has 0 unspecified atom stereocenters. The van der Waals surface area contributed by atoms with Crippen molar-refractivity contribution in [2.45, 2.75) is 26.7 Å². The summed E-state index contributed by atoms with van der Waals surface area (Å²) >= 11 is 0. The highest BCUT2D eigenvalue weighted by molar-refractivity contribution is 6.02. The van der Waals surface area contributed by atoms with Crippen LogP contribution >= 0.6 is 0 Å². The van der Waals surface area contributed by atoms with Gasteiger partial charge in [0.1, 0.15) is 0 Å². The SMILES string of the molecule is C=CC(=O)/C(C)=C/CCC(=C)C. The van der Waals surface area contributed by atoms with Gasteiger partial charge in [-0.2, -0.15) is 0 Å². The lowest BCUT2D eigenvalue weighted by molar-refractivity contribution is -0.111. The maximum Gasteiger partial charge on any atom is 0.180 e. The van der Waals surface area contributed by atoms with Gasteiger partial charge >= 0.3 is 0 Å². The van der Waals surface area contributed by atoms with Crippen molar-refractivity contribution < 1.29 is 4.79 Å². The highest BCUT2D eigenvalue weighted by Crippen LogP contribution is 2.05. The van der Waals surface area contributed by atoms with Gasteiger partial charge in [0.05, 0.1) is 0 Å². The van der Waals surface area contributed by atoms with Crippen molar-refractivity contribution in [2.24, 2.45) is 0 Å². The zero-order valence-corrected chi connectivity index (χ0v) is 7.89. The Bertz CT molecular complexity index is 221. The van der Waals surface area contributed by atoms with Crippen molar-refractivity contribution in [1.82, 2.24) is 0 Å². The third-order valence-corrected chi connectivity index (χ3v) is 1.60. The Balaban J connectivity index is 3.92. The minimum atomic E-state index is 0.0108. The number of ketones is 1. The van der Waals surface area contributed by atoms with Crippen LogP contribution in [0, 0.1) is 0 Å². The maximum absolute atomic E-state index is 11.0. The summed E-state index contributed by atoms with van der Waals surface area (Å²) < 4.78 is 0. The second-order valence-corrected chi connectivity index (χ2v) is 2.95. The minimum Gasteiger partial charge on any atom is -0.290 e. The fourth-order valence-corrected chi connectivity index (χ4v) is 0.797. The molecule has 0 aliphatic heterocycles. The lowest BCUT2D eigenvalue weighted by atomic mass is 10.1. The van der Waals surface area contributed by atoms with Gasteiger partial charge in [-0.1, -0.05) is 18.2 Å². The van der Waals surface area contributed by atoms with Crippen molar-refractivity contribution in [3.05, 3.63) is 36.5 Å².